The van der Waals surface area contributed by atoms with Gasteiger partial charge in [-0.1, -0.05) is 46.3 Å². The molecule has 0 amide bonds. The van der Waals surface area contributed by atoms with Crippen molar-refractivity contribution >= 4 is 38.7 Å². The minimum atomic E-state index is -0.552. The molecule has 0 bridgehead atoms. The number of hydrogen-bond acceptors (Lipinski definition) is 4. The number of aromatic nitrogens is 2. The highest BCUT2D eigenvalue weighted by molar-refractivity contribution is 9.10. The van der Waals surface area contributed by atoms with Gasteiger partial charge >= 0.3 is 5.97 Å². The Bertz CT molecular complexity index is 1200. The van der Waals surface area contributed by atoms with E-state index in [-0.39, 0.29) is 12.4 Å². The number of para-hydroxylation sites is 1. The standard InChI is InChI=1S/C23H17BrN2O3/c1-15-25-20-13-17(9-12-21(20)26(15)19-5-3-2-4-6-19)23(28)29-14-22(27)16-7-10-18(24)11-8-16/h2-13H,14H2,1H3. The van der Waals surface area contributed by atoms with Crippen LogP contribution in [0.25, 0.3) is 16.7 Å². The van der Waals surface area contributed by atoms with Gasteiger partial charge in [-0.25, -0.2) is 9.78 Å². The lowest BCUT2D eigenvalue weighted by Gasteiger charge is -2.07. The van der Waals surface area contributed by atoms with Crippen LogP contribution in [0.4, 0.5) is 0 Å². The lowest BCUT2D eigenvalue weighted by molar-refractivity contribution is 0.0475. The van der Waals surface area contributed by atoms with Gasteiger partial charge in [-0.15, -0.1) is 0 Å². The molecule has 0 N–H and O–H groups in total. The van der Waals surface area contributed by atoms with E-state index in [4.69, 9.17) is 4.74 Å². The molecule has 0 atom stereocenters. The van der Waals surface area contributed by atoms with Crippen molar-refractivity contribution in [2.45, 2.75) is 6.92 Å². The lowest BCUT2D eigenvalue weighted by atomic mass is 10.1. The zero-order chi connectivity index (χ0) is 20.4. The van der Waals surface area contributed by atoms with Crippen molar-refractivity contribution in [3.05, 3.63) is 94.2 Å². The number of Topliss-reactive ketones (excluding diaryl/α,β-unsaturated/α-hetero) is 1. The molecule has 3 aromatic carbocycles. The second kappa shape index (κ2) is 8.01. The summed E-state index contributed by atoms with van der Waals surface area (Å²) in [4.78, 5) is 29.2. The van der Waals surface area contributed by atoms with Crippen LogP contribution in [-0.4, -0.2) is 27.9 Å². The monoisotopic (exact) mass is 448 g/mol. The largest absolute Gasteiger partial charge is 0.454 e. The van der Waals surface area contributed by atoms with Gasteiger partial charge in [-0.2, -0.15) is 0 Å². The fraction of sp³-hybridized carbons (Fsp3) is 0.0870. The Hall–Kier alpha value is -3.25. The van der Waals surface area contributed by atoms with Gasteiger partial charge in [0.05, 0.1) is 16.6 Å². The third kappa shape index (κ3) is 3.98. The molecule has 4 rings (SSSR count). The molecule has 0 aliphatic rings. The third-order valence-electron chi connectivity index (χ3n) is 4.57. The Kier molecular flexibility index (Phi) is 5.27. The smallest absolute Gasteiger partial charge is 0.338 e. The molecule has 0 saturated carbocycles. The number of nitrogens with zero attached hydrogens (tertiary/aromatic N) is 2. The van der Waals surface area contributed by atoms with Gasteiger partial charge in [0.25, 0.3) is 0 Å². The molecule has 29 heavy (non-hydrogen) atoms. The second-order valence-corrected chi connectivity index (χ2v) is 7.46. The van der Waals surface area contributed by atoms with Gasteiger partial charge in [0.15, 0.2) is 12.4 Å². The number of imidazole rings is 1. The Morgan fingerprint density at radius 1 is 0.966 bits per heavy atom. The van der Waals surface area contributed by atoms with Crippen LogP contribution in [-0.2, 0) is 4.74 Å². The van der Waals surface area contributed by atoms with Crippen molar-refractivity contribution in [1.29, 1.82) is 0 Å². The summed E-state index contributed by atoms with van der Waals surface area (Å²) in [6.45, 7) is 1.61. The number of benzene rings is 3. The molecule has 144 valence electrons. The second-order valence-electron chi connectivity index (χ2n) is 6.54. The summed E-state index contributed by atoms with van der Waals surface area (Å²) in [6.07, 6.45) is 0. The number of ketones is 1. The number of carbonyl (C=O) groups is 2. The third-order valence-corrected chi connectivity index (χ3v) is 5.10. The van der Waals surface area contributed by atoms with Crippen LogP contribution in [0.2, 0.25) is 0 Å². The lowest BCUT2D eigenvalue weighted by Crippen LogP contribution is -2.14. The minimum absolute atomic E-state index is 0.254. The Morgan fingerprint density at radius 3 is 2.38 bits per heavy atom. The summed E-state index contributed by atoms with van der Waals surface area (Å²) in [6, 6.07) is 22.0. The maximum Gasteiger partial charge on any atom is 0.338 e. The molecule has 0 saturated heterocycles. The van der Waals surface area contributed by atoms with Crippen molar-refractivity contribution in [3.8, 4) is 5.69 Å². The highest BCUT2D eigenvalue weighted by Crippen LogP contribution is 2.22. The molecular formula is C23H17BrN2O3. The van der Waals surface area contributed by atoms with Gasteiger partial charge in [-0.3, -0.25) is 9.36 Å². The molecule has 0 aliphatic carbocycles. The summed E-state index contributed by atoms with van der Waals surface area (Å²) in [5, 5.41) is 0. The van der Waals surface area contributed by atoms with Gasteiger partial charge < -0.3 is 4.74 Å². The summed E-state index contributed by atoms with van der Waals surface area (Å²) < 4.78 is 8.12. The number of ether oxygens (including phenoxy) is 1. The van der Waals surface area contributed by atoms with Crippen LogP contribution in [0, 0.1) is 6.92 Å². The summed E-state index contributed by atoms with van der Waals surface area (Å²) in [5.74, 6) is 0.0162. The fourth-order valence-electron chi connectivity index (χ4n) is 3.16. The van der Waals surface area contributed by atoms with Crippen molar-refractivity contribution < 1.29 is 14.3 Å². The maximum absolute atomic E-state index is 12.4. The molecule has 0 unspecified atom stereocenters. The average Bonchev–Trinajstić information content (AvgIpc) is 3.07. The molecule has 0 aliphatic heterocycles. The Labute approximate surface area is 176 Å². The van der Waals surface area contributed by atoms with E-state index in [1.807, 2.05) is 47.9 Å². The van der Waals surface area contributed by atoms with Crippen LogP contribution < -0.4 is 0 Å². The number of esters is 1. The average molecular weight is 449 g/mol. The highest BCUT2D eigenvalue weighted by atomic mass is 79.9. The summed E-state index contributed by atoms with van der Waals surface area (Å²) >= 11 is 3.32. The number of hydrogen-bond donors (Lipinski definition) is 0. The summed E-state index contributed by atoms with van der Waals surface area (Å²) in [5.41, 5.74) is 3.45. The number of rotatable bonds is 5. The van der Waals surface area contributed by atoms with E-state index in [0.29, 0.717) is 16.6 Å². The van der Waals surface area contributed by atoms with E-state index in [0.717, 1.165) is 21.5 Å². The predicted octanol–water partition coefficient (Wildman–Crippen LogP) is 5.14. The van der Waals surface area contributed by atoms with Crippen molar-refractivity contribution in [3.63, 3.8) is 0 Å². The van der Waals surface area contributed by atoms with Crippen LogP contribution >= 0.6 is 15.9 Å². The number of carbonyl (C=O) groups excluding carboxylic acids is 2. The number of fused-ring (bicyclic) bond motifs is 1. The number of halogens is 1. The molecule has 0 radical (unpaired) electrons. The van der Waals surface area contributed by atoms with Crippen LogP contribution in [0.3, 0.4) is 0 Å². The van der Waals surface area contributed by atoms with Gasteiger partial charge in [0, 0.05) is 15.7 Å². The van der Waals surface area contributed by atoms with Gasteiger partial charge in [0.1, 0.15) is 5.82 Å². The Morgan fingerprint density at radius 2 is 1.66 bits per heavy atom. The topological polar surface area (TPSA) is 61.2 Å². The van der Waals surface area contributed by atoms with Crippen molar-refractivity contribution in [2.24, 2.45) is 0 Å². The first-order valence-corrected chi connectivity index (χ1v) is 9.82. The van der Waals surface area contributed by atoms with Crippen LogP contribution in [0.1, 0.15) is 26.5 Å². The Balaban J connectivity index is 1.53. The highest BCUT2D eigenvalue weighted by Gasteiger charge is 2.15. The fourth-order valence-corrected chi connectivity index (χ4v) is 3.43. The molecule has 1 heterocycles. The molecule has 0 fully saturated rings. The van der Waals surface area contributed by atoms with E-state index in [1.165, 1.54) is 0 Å². The zero-order valence-corrected chi connectivity index (χ0v) is 17.2. The minimum Gasteiger partial charge on any atom is -0.454 e. The van der Waals surface area contributed by atoms with Crippen molar-refractivity contribution in [1.82, 2.24) is 9.55 Å². The normalized spacial score (nSPS) is 10.8. The van der Waals surface area contributed by atoms with Gasteiger partial charge in [0.2, 0.25) is 0 Å². The first kappa shape index (κ1) is 19.1. The summed E-state index contributed by atoms with van der Waals surface area (Å²) in [7, 11) is 0. The SMILES string of the molecule is Cc1nc2cc(C(=O)OCC(=O)c3ccc(Br)cc3)ccc2n1-c1ccccc1. The van der Waals surface area contributed by atoms with E-state index < -0.39 is 5.97 Å². The molecule has 1 aromatic heterocycles. The van der Waals surface area contributed by atoms with E-state index in [2.05, 4.69) is 20.9 Å². The molecule has 0 spiro atoms. The molecule has 6 heteroatoms. The molecular weight excluding hydrogens is 432 g/mol. The first-order valence-electron chi connectivity index (χ1n) is 9.03. The predicted molar refractivity (Wildman–Crippen MR) is 115 cm³/mol. The van der Waals surface area contributed by atoms with E-state index in [1.54, 1.807) is 36.4 Å². The van der Waals surface area contributed by atoms with Crippen molar-refractivity contribution in [2.75, 3.05) is 6.61 Å². The molecule has 4 aromatic rings. The molecule has 5 nitrogen and oxygen atoms in total. The number of aryl methyl sites for hydroxylation is 1. The zero-order valence-electron chi connectivity index (χ0n) is 15.6. The quantitative estimate of drug-likeness (QED) is 0.313. The van der Waals surface area contributed by atoms with Gasteiger partial charge in [-0.05, 0) is 49.4 Å². The van der Waals surface area contributed by atoms with Crippen LogP contribution in [0.15, 0.2) is 77.3 Å². The van der Waals surface area contributed by atoms with Crippen LogP contribution in [0.5, 0.6) is 0 Å². The first-order chi connectivity index (χ1) is 14.0. The van der Waals surface area contributed by atoms with E-state index >= 15 is 0 Å². The van der Waals surface area contributed by atoms with E-state index in [9.17, 15) is 9.59 Å². The maximum atomic E-state index is 12.4.